The zero-order chi connectivity index (χ0) is 27.4. The molecule has 10 nitrogen and oxygen atoms in total. The first kappa shape index (κ1) is 26.8. The van der Waals surface area contributed by atoms with Crippen LogP contribution in [-0.2, 0) is 11.3 Å². The van der Waals surface area contributed by atoms with Crippen LogP contribution in [0.2, 0.25) is 5.02 Å². The second-order valence-electron chi connectivity index (χ2n) is 7.77. The van der Waals surface area contributed by atoms with E-state index in [-0.39, 0.29) is 16.2 Å². The normalized spacial score (nSPS) is 11.4. The first-order chi connectivity index (χ1) is 18.2. The highest BCUT2D eigenvalue weighted by Gasteiger charge is 2.20. The van der Waals surface area contributed by atoms with E-state index in [1.54, 1.807) is 49.1 Å². The molecule has 2 heterocycles. The number of nitrogens with zero attached hydrogens (tertiary/aromatic N) is 3. The predicted molar refractivity (Wildman–Crippen MR) is 142 cm³/mol. The van der Waals surface area contributed by atoms with Crippen LogP contribution in [0.5, 0.6) is 11.5 Å². The fourth-order valence-corrected chi connectivity index (χ4v) is 4.66. The van der Waals surface area contributed by atoms with Gasteiger partial charge in [-0.2, -0.15) is 0 Å². The minimum absolute atomic E-state index is 0.0445. The Hall–Kier alpha value is -4.22. The number of carbonyl (C=O) groups is 2. The number of hydrogen-bond donors (Lipinski definition) is 2. The molecule has 4 aromatic rings. The van der Waals surface area contributed by atoms with Gasteiger partial charge in [0.25, 0.3) is 0 Å². The van der Waals surface area contributed by atoms with Gasteiger partial charge in [-0.3, -0.25) is 0 Å². The number of aliphatic carboxylic acids is 1. The summed E-state index contributed by atoms with van der Waals surface area (Å²) in [5, 5.41) is 28.3. The quantitative estimate of drug-likeness (QED) is 0.182. The van der Waals surface area contributed by atoms with Crippen molar-refractivity contribution in [3.63, 3.8) is 0 Å². The molecule has 0 fully saturated rings. The Morgan fingerprint density at radius 3 is 2.37 bits per heavy atom. The summed E-state index contributed by atoms with van der Waals surface area (Å²) in [6.45, 7) is 2.37. The van der Waals surface area contributed by atoms with Crippen molar-refractivity contribution in [2.45, 2.75) is 18.6 Å². The average Bonchev–Trinajstić information content (AvgIpc) is 3.54. The lowest BCUT2D eigenvalue weighted by Crippen LogP contribution is -2.03. The van der Waals surface area contributed by atoms with Gasteiger partial charge in [-0.15, -0.1) is 10.2 Å². The van der Waals surface area contributed by atoms with E-state index in [0.717, 1.165) is 11.8 Å². The van der Waals surface area contributed by atoms with Gasteiger partial charge in [0.1, 0.15) is 27.9 Å². The molecule has 196 valence electrons. The maximum absolute atomic E-state index is 12.1. The van der Waals surface area contributed by atoms with Crippen molar-refractivity contribution < 1.29 is 33.7 Å². The van der Waals surface area contributed by atoms with Crippen LogP contribution in [0.15, 0.2) is 63.0 Å². The maximum atomic E-state index is 12.1. The van der Waals surface area contributed by atoms with Crippen molar-refractivity contribution in [3.05, 3.63) is 69.8 Å². The summed E-state index contributed by atoms with van der Waals surface area (Å²) < 4.78 is 18.3. The third-order valence-electron chi connectivity index (χ3n) is 5.43. The van der Waals surface area contributed by atoms with Crippen LogP contribution >= 0.6 is 23.4 Å². The van der Waals surface area contributed by atoms with E-state index in [9.17, 15) is 19.8 Å². The molecule has 0 unspecified atom stereocenters. The van der Waals surface area contributed by atoms with Crippen LogP contribution in [0.3, 0.4) is 0 Å². The molecule has 38 heavy (non-hydrogen) atoms. The summed E-state index contributed by atoms with van der Waals surface area (Å²) in [7, 11) is 3.09. The molecular formula is C26H22ClN3O7S. The fraction of sp³-hybridized carbons (Fsp3) is 0.154. The van der Waals surface area contributed by atoms with Gasteiger partial charge in [-0.05, 0) is 61.2 Å². The van der Waals surface area contributed by atoms with E-state index in [1.807, 2.05) is 6.92 Å². The predicted octanol–water partition coefficient (Wildman–Crippen LogP) is 5.81. The van der Waals surface area contributed by atoms with Crippen molar-refractivity contribution in [2.75, 3.05) is 14.2 Å². The fourth-order valence-electron chi connectivity index (χ4n) is 3.58. The minimum atomic E-state index is -1.19. The summed E-state index contributed by atoms with van der Waals surface area (Å²) in [4.78, 5) is 23.4. The molecule has 2 aromatic carbocycles. The minimum Gasteiger partial charge on any atom is -0.497 e. The molecular weight excluding hydrogens is 534 g/mol. The molecule has 0 aliphatic carbocycles. The number of carboxylic acids is 2. The highest BCUT2D eigenvalue weighted by molar-refractivity contribution is 8.04. The van der Waals surface area contributed by atoms with Gasteiger partial charge in [0.15, 0.2) is 11.0 Å². The first-order valence-electron chi connectivity index (χ1n) is 11.2. The maximum Gasteiger partial charge on any atom is 0.342 e. The molecule has 4 rings (SSSR count). The zero-order valence-electron chi connectivity index (χ0n) is 20.5. The Labute approximate surface area is 226 Å². The van der Waals surface area contributed by atoms with Crippen molar-refractivity contribution >= 4 is 41.4 Å². The smallest absolute Gasteiger partial charge is 0.342 e. The second kappa shape index (κ2) is 11.4. The highest BCUT2D eigenvalue weighted by Crippen LogP contribution is 2.35. The summed E-state index contributed by atoms with van der Waals surface area (Å²) in [6, 6.07) is 12.7. The molecule has 0 saturated heterocycles. The van der Waals surface area contributed by atoms with Gasteiger partial charge in [-0.1, -0.05) is 11.6 Å². The molecule has 0 radical (unpaired) electrons. The lowest BCUT2D eigenvalue weighted by atomic mass is 10.1. The molecule has 0 aliphatic heterocycles. The van der Waals surface area contributed by atoms with Gasteiger partial charge in [0.05, 0.1) is 24.8 Å². The standard InChI is InChI=1S/C26H22ClN3O7S/c1-4-30-23(15-9-17(35-2)12-18(10-15)36-3)28-29-26(30)38-22(25(33)34)13-16-6-8-21(37-16)19-11-14(24(31)32)5-7-20(19)27/h5-13H,4H2,1-3H3,(H,31,32)(H,33,34)/b22-13-. The Morgan fingerprint density at radius 2 is 1.76 bits per heavy atom. The first-order valence-corrected chi connectivity index (χ1v) is 12.4. The molecule has 0 amide bonds. The average molecular weight is 556 g/mol. The Balaban J connectivity index is 1.67. The third-order valence-corrected chi connectivity index (χ3v) is 6.76. The lowest BCUT2D eigenvalue weighted by molar-refractivity contribution is -0.131. The second-order valence-corrected chi connectivity index (χ2v) is 9.19. The van der Waals surface area contributed by atoms with E-state index < -0.39 is 11.9 Å². The topological polar surface area (TPSA) is 137 Å². The number of aromatic carboxylic acids is 1. The van der Waals surface area contributed by atoms with Crippen molar-refractivity contribution in [2.24, 2.45) is 0 Å². The van der Waals surface area contributed by atoms with Gasteiger partial charge < -0.3 is 28.7 Å². The van der Waals surface area contributed by atoms with E-state index in [2.05, 4.69) is 10.2 Å². The number of rotatable bonds is 10. The van der Waals surface area contributed by atoms with Crippen molar-refractivity contribution in [1.29, 1.82) is 0 Å². The Bertz CT molecular complexity index is 1520. The van der Waals surface area contributed by atoms with Crippen LogP contribution in [0.25, 0.3) is 28.8 Å². The van der Waals surface area contributed by atoms with Crippen LogP contribution in [-0.4, -0.2) is 51.1 Å². The molecule has 0 saturated carbocycles. The lowest BCUT2D eigenvalue weighted by Gasteiger charge is -2.10. The number of aromatic nitrogens is 3. The number of halogens is 1. The van der Waals surface area contributed by atoms with Crippen LogP contribution < -0.4 is 9.47 Å². The Kier molecular flexibility index (Phi) is 8.08. The number of benzene rings is 2. The molecule has 12 heteroatoms. The van der Waals surface area contributed by atoms with E-state index in [0.29, 0.717) is 50.9 Å². The monoisotopic (exact) mass is 555 g/mol. The largest absolute Gasteiger partial charge is 0.497 e. The van der Waals surface area contributed by atoms with Gasteiger partial charge in [-0.25, -0.2) is 9.59 Å². The van der Waals surface area contributed by atoms with Crippen LogP contribution in [0.1, 0.15) is 23.0 Å². The van der Waals surface area contributed by atoms with E-state index in [4.69, 9.17) is 25.5 Å². The highest BCUT2D eigenvalue weighted by atomic mass is 35.5. The number of furan rings is 1. The number of ether oxygens (including phenoxy) is 2. The Morgan fingerprint density at radius 1 is 1.05 bits per heavy atom. The summed E-state index contributed by atoms with van der Waals surface area (Å²) >= 11 is 7.15. The van der Waals surface area contributed by atoms with Crippen LogP contribution in [0, 0.1) is 0 Å². The number of hydrogen-bond acceptors (Lipinski definition) is 8. The number of thioether (sulfide) groups is 1. The van der Waals surface area contributed by atoms with Crippen molar-refractivity contribution in [3.8, 4) is 34.2 Å². The molecule has 0 bridgehead atoms. The third kappa shape index (κ3) is 5.68. The zero-order valence-corrected chi connectivity index (χ0v) is 22.0. The van der Waals surface area contributed by atoms with E-state index in [1.165, 1.54) is 24.3 Å². The van der Waals surface area contributed by atoms with Crippen molar-refractivity contribution in [1.82, 2.24) is 14.8 Å². The number of methoxy groups -OCH3 is 2. The van der Waals surface area contributed by atoms with E-state index >= 15 is 0 Å². The molecule has 0 aliphatic rings. The molecule has 2 aromatic heterocycles. The summed E-state index contributed by atoms with van der Waals surface area (Å²) in [5.41, 5.74) is 1.11. The number of carboxylic acid groups (broad SMARTS) is 2. The molecule has 0 atom stereocenters. The van der Waals surface area contributed by atoms with Gasteiger partial charge in [0, 0.05) is 29.8 Å². The van der Waals surface area contributed by atoms with Crippen LogP contribution in [0.4, 0.5) is 0 Å². The summed E-state index contributed by atoms with van der Waals surface area (Å²) in [5.74, 6) is -0.0850. The SMILES string of the molecule is CCn1c(S/C(=C\c2ccc(-c3cc(C(=O)O)ccc3Cl)o2)C(=O)O)nnc1-c1cc(OC)cc(OC)c1. The van der Waals surface area contributed by atoms with Gasteiger partial charge >= 0.3 is 11.9 Å². The summed E-state index contributed by atoms with van der Waals surface area (Å²) in [6.07, 6.45) is 1.36. The molecule has 0 spiro atoms. The van der Waals surface area contributed by atoms with Gasteiger partial charge in [0.2, 0.25) is 0 Å². The molecule has 2 N–H and O–H groups in total.